The maximum Gasteiger partial charge on any atom is 0.270 e. The van der Waals surface area contributed by atoms with E-state index in [1.165, 1.54) is 27.7 Å². The van der Waals surface area contributed by atoms with Crippen LogP contribution in [0, 0.1) is 6.92 Å². The third kappa shape index (κ3) is 4.76. The molecule has 3 heterocycles. The summed E-state index contributed by atoms with van der Waals surface area (Å²) in [6, 6.07) is 12.7. The first-order chi connectivity index (χ1) is 16.0. The molecule has 3 aromatic rings. The topological polar surface area (TPSA) is 63.7 Å². The van der Waals surface area contributed by atoms with Crippen molar-refractivity contribution in [3.63, 3.8) is 0 Å². The molecule has 2 fully saturated rings. The van der Waals surface area contributed by atoms with Crippen molar-refractivity contribution in [1.82, 2.24) is 15.2 Å². The number of ether oxygens (including phenoxy) is 2. The molecule has 2 aliphatic rings. The van der Waals surface area contributed by atoms with E-state index in [4.69, 9.17) is 9.47 Å². The normalized spacial score (nSPS) is 20.4. The Morgan fingerprint density at radius 2 is 2.00 bits per heavy atom. The van der Waals surface area contributed by atoms with Crippen LogP contribution in [0.2, 0.25) is 0 Å². The summed E-state index contributed by atoms with van der Waals surface area (Å²) in [5.41, 5.74) is 1.81. The van der Waals surface area contributed by atoms with Crippen molar-refractivity contribution in [3.8, 4) is 5.75 Å². The molecule has 1 amide bonds. The fourth-order valence-corrected chi connectivity index (χ4v) is 5.77. The molecule has 7 heteroatoms. The standard InChI is InChI=1S/C26H31N3O3S/c1-18-28-23(17-33-18)25(30)27-15-20-9-10-26(32-20)11-13-29(14-12-26)16-19-7-8-24(31-2)22-6-4-3-5-21(19)22/h3-8,17,20H,9-16H2,1-2H3,(H,27,30). The van der Waals surface area contributed by atoms with Gasteiger partial charge in [0.15, 0.2) is 0 Å². The first kappa shape index (κ1) is 22.3. The van der Waals surface area contributed by atoms with Crippen molar-refractivity contribution in [2.24, 2.45) is 0 Å². The van der Waals surface area contributed by atoms with Crippen molar-refractivity contribution >= 4 is 28.0 Å². The molecule has 0 aliphatic carbocycles. The van der Waals surface area contributed by atoms with Crippen molar-refractivity contribution in [2.45, 2.75) is 50.9 Å². The van der Waals surface area contributed by atoms with Gasteiger partial charge in [0.2, 0.25) is 0 Å². The number of hydrogen-bond acceptors (Lipinski definition) is 6. The highest BCUT2D eigenvalue weighted by Gasteiger charge is 2.42. The molecule has 1 aromatic heterocycles. The number of carbonyl (C=O) groups is 1. The van der Waals surface area contributed by atoms with E-state index >= 15 is 0 Å². The van der Waals surface area contributed by atoms with Gasteiger partial charge in [0.25, 0.3) is 5.91 Å². The molecule has 1 spiro atoms. The molecule has 2 aromatic carbocycles. The minimum atomic E-state index is -0.106. The summed E-state index contributed by atoms with van der Waals surface area (Å²) in [4.78, 5) is 19.1. The van der Waals surface area contributed by atoms with Gasteiger partial charge in [0, 0.05) is 36.9 Å². The molecule has 0 radical (unpaired) electrons. The van der Waals surface area contributed by atoms with E-state index in [1.54, 1.807) is 7.11 Å². The van der Waals surface area contributed by atoms with Crippen LogP contribution in [0.4, 0.5) is 0 Å². The van der Waals surface area contributed by atoms with Gasteiger partial charge in [0.1, 0.15) is 11.4 Å². The predicted octanol–water partition coefficient (Wildman–Crippen LogP) is 4.56. The summed E-state index contributed by atoms with van der Waals surface area (Å²) in [6.45, 7) is 5.45. The summed E-state index contributed by atoms with van der Waals surface area (Å²) in [5, 5.41) is 8.15. The highest BCUT2D eigenvalue weighted by molar-refractivity contribution is 7.09. The van der Waals surface area contributed by atoms with Gasteiger partial charge in [-0.1, -0.05) is 30.3 Å². The zero-order valence-electron chi connectivity index (χ0n) is 19.3. The number of fused-ring (bicyclic) bond motifs is 1. The van der Waals surface area contributed by atoms with E-state index in [0.29, 0.717) is 12.2 Å². The van der Waals surface area contributed by atoms with Gasteiger partial charge in [-0.2, -0.15) is 0 Å². The van der Waals surface area contributed by atoms with Gasteiger partial charge < -0.3 is 14.8 Å². The number of thiazole rings is 1. The van der Waals surface area contributed by atoms with E-state index in [9.17, 15) is 4.79 Å². The van der Waals surface area contributed by atoms with E-state index in [1.807, 2.05) is 12.3 Å². The van der Waals surface area contributed by atoms with Crippen molar-refractivity contribution in [1.29, 1.82) is 0 Å². The Morgan fingerprint density at radius 1 is 1.21 bits per heavy atom. The lowest BCUT2D eigenvalue weighted by atomic mass is 9.88. The van der Waals surface area contributed by atoms with E-state index < -0.39 is 0 Å². The molecular weight excluding hydrogens is 434 g/mol. The smallest absolute Gasteiger partial charge is 0.270 e. The maximum atomic E-state index is 12.3. The van der Waals surface area contributed by atoms with Gasteiger partial charge in [-0.3, -0.25) is 9.69 Å². The summed E-state index contributed by atoms with van der Waals surface area (Å²) in [7, 11) is 1.73. The molecule has 1 atom stereocenters. The van der Waals surface area contributed by atoms with Gasteiger partial charge in [0.05, 0.1) is 23.8 Å². The second kappa shape index (κ2) is 9.41. The zero-order chi connectivity index (χ0) is 22.8. The average molecular weight is 466 g/mol. The summed E-state index contributed by atoms with van der Waals surface area (Å²) in [6.07, 6.45) is 4.24. The highest BCUT2D eigenvalue weighted by atomic mass is 32.1. The van der Waals surface area contributed by atoms with Crippen LogP contribution < -0.4 is 10.1 Å². The van der Waals surface area contributed by atoms with Crippen molar-refractivity contribution in [2.75, 3.05) is 26.7 Å². The minimum absolute atomic E-state index is 0.0366. The van der Waals surface area contributed by atoms with Gasteiger partial charge in [-0.25, -0.2) is 4.98 Å². The molecule has 0 bridgehead atoms. The molecule has 1 unspecified atom stereocenters. The number of benzene rings is 2. The first-order valence-electron chi connectivity index (χ1n) is 11.7. The first-order valence-corrected chi connectivity index (χ1v) is 12.6. The quantitative estimate of drug-likeness (QED) is 0.578. The highest BCUT2D eigenvalue weighted by Crippen LogP contribution is 2.39. The number of hydrogen-bond donors (Lipinski definition) is 1. The molecule has 1 N–H and O–H groups in total. The van der Waals surface area contributed by atoms with Crippen LogP contribution in [-0.2, 0) is 11.3 Å². The Labute approximate surface area is 198 Å². The number of aryl methyl sites for hydroxylation is 1. The van der Waals surface area contributed by atoms with Crippen LogP contribution in [0.5, 0.6) is 5.75 Å². The summed E-state index contributed by atoms with van der Waals surface area (Å²) < 4.78 is 12.1. The van der Waals surface area contributed by atoms with Crippen LogP contribution >= 0.6 is 11.3 Å². The van der Waals surface area contributed by atoms with Crippen LogP contribution in [-0.4, -0.2) is 54.2 Å². The zero-order valence-corrected chi connectivity index (χ0v) is 20.1. The second-order valence-corrected chi connectivity index (χ2v) is 10.2. The largest absolute Gasteiger partial charge is 0.496 e. The molecule has 33 heavy (non-hydrogen) atoms. The average Bonchev–Trinajstić information content (AvgIpc) is 3.46. The Hall–Kier alpha value is -2.48. The van der Waals surface area contributed by atoms with Gasteiger partial charge in [-0.05, 0) is 49.6 Å². The lowest BCUT2D eigenvalue weighted by Gasteiger charge is -2.39. The number of nitrogens with one attached hydrogen (secondary N) is 1. The SMILES string of the molecule is COc1ccc(CN2CCC3(CCC(CNC(=O)c4csc(C)n4)O3)CC2)c2ccccc12. The van der Waals surface area contributed by atoms with E-state index in [2.05, 4.69) is 51.6 Å². The lowest BCUT2D eigenvalue weighted by Crippen LogP contribution is -2.44. The van der Waals surface area contributed by atoms with Crippen molar-refractivity contribution in [3.05, 3.63) is 58.0 Å². The van der Waals surface area contributed by atoms with E-state index in [-0.39, 0.29) is 17.6 Å². The number of piperidine rings is 1. The van der Waals surface area contributed by atoms with Gasteiger partial charge >= 0.3 is 0 Å². The third-order valence-corrected chi connectivity index (χ3v) is 7.81. The monoisotopic (exact) mass is 465 g/mol. The molecular formula is C26H31N3O3S. The Kier molecular flexibility index (Phi) is 6.36. The van der Waals surface area contributed by atoms with E-state index in [0.717, 1.165) is 56.1 Å². The fraction of sp³-hybridized carbons (Fsp3) is 0.462. The number of rotatable bonds is 6. The molecule has 2 aliphatic heterocycles. The summed E-state index contributed by atoms with van der Waals surface area (Å²) >= 11 is 1.50. The molecule has 6 nitrogen and oxygen atoms in total. The predicted molar refractivity (Wildman–Crippen MR) is 131 cm³/mol. The molecule has 5 rings (SSSR count). The Morgan fingerprint density at radius 3 is 2.73 bits per heavy atom. The molecule has 0 saturated carbocycles. The van der Waals surface area contributed by atoms with Gasteiger partial charge in [-0.15, -0.1) is 11.3 Å². The fourth-order valence-electron chi connectivity index (χ4n) is 5.18. The number of aromatic nitrogens is 1. The maximum absolute atomic E-state index is 12.3. The minimum Gasteiger partial charge on any atom is -0.496 e. The molecule has 174 valence electrons. The number of methoxy groups -OCH3 is 1. The van der Waals surface area contributed by atoms with Crippen LogP contribution in [0.1, 0.15) is 46.7 Å². The lowest BCUT2D eigenvalue weighted by molar-refractivity contribution is -0.0764. The van der Waals surface area contributed by atoms with Crippen LogP contribution in [0.15, 0.2) is 41.8 Å². The Balaban J connectivity index is 1.15. The van der Waals surface area contributed by atoms with Crippen LogP contribution in [0.3, 0.4) is 0 Å². The third-order valence-electron chi connectivity index (χ3n) is 7.04. The second-order valence-electron chi connectivity index (χ2n) is 9.17. The van der Waals surface area contributed by atoms with Crippen molar-refractivity contribution < 1.29 is 14.3 Å². The number of amides is 1. The molecule has 2 saturated heterocycles. The number of nitrogens with zero attached hydrogens (tertiary/aromatic N) is 2. The number of likely N-dealkylation sites (tertiary alicyclic amines) is 1. The number of carbonyl (C=O) groups excluding carboxylic acids is 1. The summed E-state index contributed by atoms with van der Waals surface area (Å²) in [5.74, 6) is 0.819. The Bertz CT molecular complexity index is 1140. The van der Waals surface area contributed by atoms with Crippen LogP contribution in [0.25, 0.3) is 10.8 Å².